The highest BCUT2D eigenvalue weighted by atomic mass is 35.5. The zero-order valence-corrected chi connectivity index (χ0v) is 16.6. The van der Waals surface area contributed by atoms with Crippen LogP contribution in [0.4, 0.5) is 4.39 Å². The SMILES string of the molecule is O=C(NC1CCCCC1O)c1cnc(OCCF)c(-c2ccc(Cl)c(Cl)c2)c1. The Morgan fingerprint density at radius 1 is 1.25 bits per heavy atom. The molecule has 5 nitrogen and oxygen atoms in total. The highest BCUT2D eigenvalue weighted by Gasteiger charge is 2.25. The number of aliphatic hydroxyl groups is 1. The average molecular weight is 427 g/mol. The molecule has 1 aromatic carbocycles. The van der Waals surface area contributed by atoms with E-state index in [0.717, 1.165) is 19.3 Å². The molecule has 0 radical (unpaired) electrons. The zero-order chi connectivity index (χ0) is 20.1. The van der Waals surface area contributed by atoms with Gasteiger partial charge in [0.2, 0.25) is 5.88 Å². The summed E-state index contributed by atoms with van der Waals surface area (Å²) in [5.74, 6) is -0.137. The fraction of sp³-hybridized carbons (Fsp3) is 0.400. The Bertz CT molecular complexity index is 850. The normalized spacial score (nSPS) is 19.3. The fourth-order valence-corrected chi connectivity index (χ4v) is 3.53. The summed E-state index contributed by atoms with van der Waals surface area (Å²) in [7, 11) is 0. The molecule has 1 amide bonds. The molecule has 0 bridgehead atoms. The molecule has 1 aliphatic rings. The largest absolute Gasteiger partial charge is 0.474 e. The van der Waals surface area contributed by atoms with Crippen molar-refractivity contribution in [1.29, 1.82) is 0 Å². The lowest BCUT2D eigenvalue weighted by Crippen LogP contribution is -2.45. The van der Waals surface area contributed by atoms with Gasteiger partial charge in [-0.2, -0.15) is 0 Å². The van der Waals surface area contributed by atoms with Crippen molar-refractivity contribution in [3.63, 3.8) is 0 Å². The van der Waals surface area contributed by atoms with Crippen LogP contribution in [0.3, 0.4) is 0 Å². The maximum atomic E-state index is 12.7. The van der Waals surface area contributed by atoms with Gasteiger partial charge < -0.3 is 15.2 Å². The quantitative estimate of drug-likeness (QED) is 0.715. The van der Waals surface area contributed by atoms with Crippen LogP contribution in [0.1, 0.15) is 36.0 Å². The third-order valence-electron chi connectivity index (χ3n) is 4.71. The summed E-state index contributed by atoms with van der Waals surface area (Å²) in [5.41, 5.74) is 1.46. The van der Waals surface area contributed by atoms with E-state index in [1.165, 1.54) is 6.20 Å². The van der Waals surface area contributed by atoms with Gasteiger partial charge in [-0.1, -0.05) is 42.1 Å². The lowest BCUT2D eigenvalue weighted by Gasteiger charge is -2.28. The van der Waals surface area contributed by atoms with Crippen LogP contribution in [0.5, 0.6) is 5.88 Å². The summed E-state index contributed by atoms with van der Waals surface area (Å²) in [6.45, 7) is -0.814. The second-order valence-electron chi connectivity index (χ2n) is 6.67. The van der Waals surface area contributed by atoms with Gasteiger partial charge in [0.15, 0.2) is 0 Å². The van der Waals surface area contributed by atoms with E-state index in [2.05, 4.69) is 10.3 Å². The highest BCUT2D eigenvalue weighted by molar-refractivity contribution is 6.42. The average Bonchev–Trinajstić information content (AvgIpc) is 2.70. The molecule has 0 spiro atoms. The van der Waals surface area contributed by atoms with Crippen molar-refractivity contribution in [2.75, 3.05) is 13.3 Å². The van der Waals surface area contributed by atoms with E-state index in [4.69, 9.17) is 27.9 Å². The minimum atomic E-state index is -0.662. The van der Waals surface area contributed by atoms with E-state index in [9.17, 15) is 14.3 Å². The molecule has 1 aliphatic carbocycles. The molecule has 0 saturated heterocycles. The van der Waals surface area contributed by atoms with Crippen molar-refractivity contribution < 1.29 is 19.0 Å². The topological polar surface area (TPSA) is 71.5 Å². The van der Waals surface area contributed by atoms with Gasteiger partial charge in [-0.05, 0) is 36.6 Å². The Morgan fingerprint density at radius 2 is 2.04 bits per heavy atom. The molecule has 1 heterocycles. The molecule has 1 fully saturated rings. The van der Waals surface area contributed by atoms with Crippen LogP contribution in [-0.4, -0.2) is 41.4 Å². The van der Waals surface area contributed by atoms with Gasteiger partial charge in [0, 0.05) is 11.8 Å². The second-order valence-corrected chi connectivity index (χ2v) is 7.49. The van der Waals surface area contributed by atoms with Crippen LogP contribution in [0.15, 0.2) is 30.5 Å². The lowest BCUT2D eigenvalue weighted by atomic mass is 9.92. The number of rotatable bonds is 6. The van der Waals surface area contributed by atoms with Crippen LogP contribution in [0.2, 0.25) is 10.0 Å². The van der Waals surface area contributed by atoms with Crippen LogP contribution in [-0.2, 0) is 0 Å². The molecule has 2 unspecified atom stereocenters. The van der Waals surface area contributed by atoms with Gasteiger partial charge in [0.05, 0.1) is 27.8 Å². The Balaban J connectivity index is 1.90. The number of aliphatic hydroxyl groups excluding tert-OH is 1. The fourth-order valence-electron chi connectivity index (χ4n) is 3.23. The van der Waals surface area contributed by atoms with E-state index in [0.29, 0.717) is 33.2 Å². The minimum absolute atomic E-state index is 0.152. The van der Waals surface area contributed by atoms with Crippen molar-refractivity contribution in [1.82, 2.24) is 10.3 Å². The van der Waals surface area contributed by atoms with E-state index < -0.39 is 12.8 Å². The highest BCUT2D eigenvalue weighted by Crippen LogP contribution is 2.33. The van der Waals surface area contributed by atoms with Crippen LogP contribution < -0.4 is 10.1 Å². The standard InChI is InChI=1S/C20H21Cl2FN2O3/c21-15-6-5-12(10-16(15)22)14-9-13(11-24-20(14)28-8-7-23)19(27)25-17-3-1-2-4-18(17)26/h5-6,9-11,17-18,26H,1-4,7-8H2,(H,25,27). The first-order chi connectivity index (χ1) is 13.5. The number of halogens is 3. The van der Waals surface area contributed by atoms with E-state index in [-0.39, 0.29) is 24.4 Å². The van der Waals surface area contributed by atoms with Gasteiger partial charge >= 0.3 is 0 Å². The summed E-state index contributed by atoms with van der Waals surface area (Å²) in [6, 6.07) is 6.32. The van der Waals surface area contributed by atoms with E-state index in [1.54, 1.807) is 24.3 Å². The Morgan fingerprint density at radius 3 is 2.75 bits per heavy atom. The van der Waals surface area contributed by atoms with Gasteiger partial charge in [-0.25, -0.2) is 9.37 Å². The smallest absolute Gasteiger partial charge is 0.253 e. The Labute approximate surface area is 172 Å². The summed E-state index contributed by atoms with van der Waals surface area (Å²) in [4.78, 5) is 16.9. The van der Waals surface area contributed by atoms with Crippen molar-refractivity contribution in [3.05, 3.63) is 46.1 Å². The molecule has 2 N–H and O–H groups in total. The number of hydrogen-bond donors (Lipinski definition) is 2. The number of hydrogen-bond acceptors (Lipinski definition) is 4. The van der Waals surface area contributed by atoms with E-state index >= 15 is 0 Å². The van der Waals surface area contributed by atoms with Crippen molar-refractivity contribution >= 4 is 29.1 Å². The monoisotopic (exact) mass is 426 g/mol. The minimum Gasteiger partial charge on any atom is -0.474 e. The van der Waals surface area contributed by atoms with E-state index in [1.807, 2.05) is 0 Å². The zero-order valence-electron chi connectivity index (χ0n) is 15.1. The molecule has 1 aromatic heterocycles. The number of pyridine rings is 1. The number of carbonyl (C=O) groups is 1. The van der Waals surface area contributed by atoms with Gasteiger partial charge in [-0.15, -0.1) is 0 Å². The molecule has 3 rings (SSSR count). The first-order valence-electron chi connectivity index (χ1n) is 9.12. The van der Waals surface area contributed by atoms with Crippen LogP contribution in [0, 0.1) is 0 Å². The third kappa shape index (κ3) is 4.93. The first kappa shape index (κ1) is 20.8. The number of nitrogens with zero attached hydrogens (tertiary/aromatic N) is 1. The molecular weight excluding hydrogens is 406 g/mol. The number of nitrogens with one attached hydrogen (secondary N) is 1. The second kappa shape index (κ2) is 9.54. The van der Waals surface area contributed by atoms with Crippen molar-refractivity contribution in [3.8, 4) is 17.0 Å². The summed E-state index contributed by atoms with van der Waals surface area (Å²) < 4.78 is 17.9. The van der Waals surface area contributed by atoms with Crippen molar-refractivity contribution in [2.24, 2.45) is 0 Å². The van der Waals surface area contributed by atoms with Gasteiger partial charge in [0.1, 0.15) is 13.3 Å². The summed E-state index contributed by atoms with van der Waals surface area (Å²) in [5, 5.41) is 13.7. The Hall–Kier alpha value is -1.89. The number of aromatic nitrogens is 1. The van der Waals surface area contributed by atoms with Crippen molar-refractivity contribution in [2.45, 2.75) is 37.8 Å². The third-order valence-corrected chi connectivity index (χ3v) is 5.44. The molecule has 2 aromatic rings. The molecule has 2 atom stereocenters. The molecule has 8 heteroatoms. The molecule has 0 aliphatic heterocycles. The molecule has 1 saturated carbocycles. The number of benzene rings is 1. The van der Waals surface area contributed by atoms with Crippen LogP contribution >= 0.6 is 23.2 Å². The summed E-state index contributed by atoms with van der Waals surface area (Å²) in [6.07, 6.45) is 4.15. The summed E-state index contributed by atoms with van der Waals surface area (Å²) >= 11 is 12.1. The molecule has 150 valence electrons. The number of ether oxygens (including phenoxy) is 1. The first-order valence-corrected chi connectivity index (χ1v) is 9.88. The predicted molar refractivity (Wildman–Crippen MR) is 107 cm³/mol. The van der Waals surface area contributed by atoms with Crippen LogP contribution in [0.25, 0.3) is 11.1 Å². The molecule has 28 heavy (non-hydrogen) atoms. The maximum absolute atomic E-state index is 12.7. The van der Waals surface area contributed by atoms with Gasteiger partial charge in [0.25, 0.3) is 5.91 Å². The maximum Gasteiger partial charge on any atom is 0.253 e. The molecular formula is C20H21Cl2FN2O3. The van der Waals surface area contributed by atoms with Gasteiger partial charge in [-0.3, -0.25) is 4.79 Å². The lowest BCUT2D eigenvalue weighted by molar-refractivity contribution is 0.0717. The number of carbonyl (C=O) groups excluding carboxylic acids is 1. The predicted octanol–water partition coefficient (Wildman–Crippen LogP) is 4.44. The Kier molecular flexibility index (Phi) is 7.10. The number of amides is 1. The number of alkyl halides is 1.